The molecule has 0 radical (unpaired) electrons. The van der Waals surface area contributed by atoms with Gasteiger partial charge in [-0.25, -0.2) is 0 Å². The van der Waals surface area contributed by atoms with Crippen LogP contribution in [-0.2, 0) is 36.9 Å². The number of primary amides is 1. The van der Waals surface area contributed by atoms with Gasteiger partial charge in [-0.2, -0.15) is 0 Å². The number of nitrogens with zero attached hydrogens (tertiary/aromatic N) is 4. The third-order valence-corrected chi connectivity index (χ3v) is 6.09. The molecule has 1 aromatic carbocycles. The highest BCUT2D eigenvalue weighted by molar-refractivity contribution is 5.93. The molecule has 2 unspecified atom stereocenters. The van der Waals surface area contributed by atoms with Crippen molar-refractivity contribution in [2.45, 2.75) is 63.9 Å². The van der Waals surface area contributed by atoms with Gasteiger partial charge in [-0.05, 0) is 25.8 Å². The van der Waals surface area contributed by atoms with Crippen LogP contribution in [0.2, 0.25) is 0 Å². The molecular weight excluding hydrogens is 544 g/mol. The largest absolute Gasteiger partial charge is 0.493 e. The van der Waals surface area contributed by atoms with E-state index in [9.17, 15) is 29.3 Å². The Labute approximate surface area is 234 Å². The van der Waals surface area contributed by atoms with Crippen molar-refractivity contribution < 1.29 is 38.3 Å². The number of amides is 3. The molecule has 0 saturated carbocycles. The van der Waals surface area contributed by atoms with Crippen molar-refractivity contribution >= 4 is 29.4 Å². The van der Waals surface area contributed by atoms with Crippen molar-refractivity contribution in [3.63, 3.8) is 0 Å². The van der Waals surface area contributed by atoms with Crippen LogP contribution in [0.5, 0.6) is 11.5 Å². The number of esters is 1. The minimum atomic E-state index is -2.34. The molecule has 2 aliphatic rings. The maximum atomic E-state index is 12.5. The zero-order chi connectivity index (χ0) is 30.2. The van der Waals surface area contributed by atoms with E-state index in [2.05, 4.69) is 20.9 Å². The fraction of sp³-hybridized carbons (Fsp3) is 0.500. The molecule has 0 fully saturated rings. The molecule has 17 nitrogen and oxygen atoms in total. The van der Waals surface area contributed by atoms with Crippen LogP contribution in [0.4, 0.5) is 5.69 Å². The lowest BCUT2D eigenvalue weighted by Crippen LogP contribution is -2.73. The SMILES string of the molecule is COc1cc2c([N+](=O)[O-])cc1OCCCC(=O)NC(N)(C(N)=O)NC(=O)CCc1cn(nn1)CCCC(=O)OC2C. The number of nitro groups is 1. The molecule has 3 amide bonds. The average Bonchev–Trinajstić information content (AvgIpc) is 3.36. The summed E-state index contributed by atoms with van der Waals surface area (Å²) in [6.45, 7) is 1.74. The molecule has 3 heterocycles. The number of hydrogen-bond donors (Lipinski definition) is 4. The number of carbonyl (C=O) groups is 4. The first-order chi connectivity index (χ1) is 19.4. The normalized spacial score (nSPS) is 21.4. The Morgan fingerprint density at radius 1 is 1.17 bits per heavy atom. The van der Waals surface area contributed by atoms with E-state index >= 15 is 0 Å². The summed E-state index contributed by atoms with van der Waals surface area (Å²) in [4.78, 5) is 60.5. The third kappa shape index (κ3) is 8.34. The van der Waals surface area contributed by atoms with Gasteiger partial charge in [0.25, 0.3) is 11.6 Å². The van der Waals surface area contributed by atoms with Crippen LogP contribution >= 0.6 is 0 Å². The molecule has 17 heteroatoms. The zero-order valence-corrected chi connectivity index (χ0v) is 22.6. The molecule has 2 aromatic rings. The van der Waals surface area contributed by atoms with Gasteiger partial charge in [-0.15, -0.1) is 5.10 Å². The average molecular weight is 577 g/mol. The van der Waals surface area contributed by atoms with E-state index in [1.54, 1.807) is 6.20 Å². The van der Waals surface area contributed by atoms with Crippen molar-refractivity contribution in [3.05, 3.63) is 39.7 Å². The summed E-state index contributed by atoms with van der Waals surface area (Å²) in [5, 5.41) is 24.2. The number of benzene rings is 1. The molecule has 222 valence electrons. The number of nitro benzene ring substituents is 1. The van der Waals surface area contributed by atoms with E-state index < -0.39 is 40.5 Å². The number of hydrogen-bond acceptors (Lipinski definition) is 12. The Hall–Kier alpha value is -4.80. The van der Waals surface area contributed by atoms with Crippen LogP contribution in [0, 0.1) is 10.1 Å². The number of nitrogens with one attached hydrogen (secondary N) is 2. The number of carbonyl (C=O) groups excluding carboxylic acids is 4. The standard InChI is InChI=1S/C24H32N8O9/c1-14-16-11-18(39-2)19(12-17(16)32(37)38)40-10-4-5-20(33)27-24(26,23(25)36)28-21(34)8-7-15-13-31(30-29-15)9-3-6-22(35)41-14/h11-14H,3-10,26H2,1-2H3,(H2,25,36)(H,27,33)(H,28,34). The van der Waals surface area contributed by atoms with Crippen molar-refractivity contribution in [2.24, 2.45) is 11.5 Å². The zero-order valence-electron chi connectivity index (χ0n) is 22.6. The highest BCUT2D eigenvalue weighted by Crippen LogP contribution is 2.38. The summed E-state index contributed by atoms with van der Waals surface area (Å²) in [5.41, 5.74) is 11.4. The molecule has 41 heavy (non-hydrogen) atoms. The highest BCUT2D eigenvalue weighted by Gasteiger charge is 2.35. The second kappa shape index (κ2) is 13.5. The first-order valence-electron chi connectivity index (χ1n) is 12.7. The van der Waals surface area contributed by atoms with Crippen molar-refractivity contribution in [1.29, 1.82) is 0 Å². The van der Waals surface area contributed by atoms with Crippen LogP contribution < -0.4 is 31.6 Å². The lowest BCUT2D eigenvalue weighted by molar-refractivity contribution is -0.386. The Morgan fingerprint density at radius 3 is 2.54 bits per heavy atom. The van der Waals surface area contributed by atoms with Gasteiger partial charge in [0.05, 0.1) is 36.0 Å². The second-order valence-electron chi connectivity index (χ2n) is 9.25. The van der Waals surface area contributed by atoms with Crippen molar-refractivity contribution in [2.75, 3.05) is 13.7 Å². The summed E-state index contributed by atoms with van der Waals surface area (Å²) in [6.07, 6.45) is 0.873. The third-order valence-electron chi connectivity index (χ3n) is 6.09. The lowest BCUT2D eigenvalue weighted by atomic mass is 10.1. The molecule has 0 saturated heterocycles. The van der Waals surface area contributed by atoms with Gasteiger partial charge >= 0.3 is 5.97 Å². The van der Waals surface area contributed by atoms with Crippen LogP contribution in [0.25, 0.3) is 0 Å². The van der Waals surface area contributed by atoms with Crippen LogP contribution in [0.15, 0.2) is 18.3 Å². The monoisotopic (exact) mass is 576 g/mol. The Bertz CT molecular complexity index is 1310. The van der Waals surface area contributed by atoms with Gasteiger partial charge in [0.15, 0.2) is 11.5 Å². The maximum absolute atomic E-state index is 12.5. The van der Waals surface area contributed by atoms with Gasteiger partial charge in [-0.1, -0.05) is 5.21 Å². The quantitative estimate of drug-likeness (QED) is 0.209. The molecule has 4 rings (SSSR count). The van der Waals surface area contributed by atoms with E-state index in [1.807, 2.05) is 0 Å². The summed E-state index contributed by atoms with van der Waals surface area (Å²) >= 11 is 0. The smallest absolute Gasteiger partial charge is 0.306 e. The summed E-state index contributed by atoms with van der Waals surface area (Å²) < 4.78 is 17.8. The lowest BCUT2D eigenvalue weighted by Gasteiger charge is -2.28. The fourth-order valence-corrected chi connectivity index (χ4v) is 3.96. The summed E-state index contributed by atoms with van der Waals surface area (Å²) in [6, 6.07) is 2.50. The number of aromatic nitrogens is 3. The second-order valence-corrected chi connectivity index (χ2v) is 9.25. The van der Waals surface area contributed by atoms with Crippen LogP contribution in [0.3, 0.4) is 0 Å². The van der Waals surface area contributed by atoms with Gasteiger partial charge in [-0.3, -0.25) is 39.7 Å². The first-order valence-corrected chi connectivity index (χ1v) is 12.7. The fourth-order valence-electron chi connectivity index (χ4n) is 3.96. The van der Waals surface area contributed by atoms with E-state index in [-0.39, 0.29) is 61.5 Å². The topological polar surface area (TPSA) is 246 Å². The molecule has 2 aliphatic heterocycles. The van der Waals surface area contributed by atoms with Gasteiger partial charge < -0.3 is 30.6 Å². The Morgan fingerprint density at radius 2 is 1.88 bits per heavy atom. The summed E-state index contributed by atoms with van der Waals surface area (Å²) in [7, 11) is 1.34. The van der Waals surface area contributed by atoms with E-state index in [0.717, 1.165) is 6.07 Å². The molecule has 1 aromatic heterocycles. The van der Waals surface area contributed by atoms with Crippen LogP contribution in [-0.4, -0.2) is 63.1 Å². The van der Waals surface area contributed by atoms with E-state index in [4.69, 9.17) is 25.7 Å². The minimum Gasteiger partial charge on any atom is -0.493 e. The summed E-state index contributed by atoms with van der Waals surface area (Å²) in [5.74, 6) is -5.31. The number of fused-ring (bicyclic) bond motifs is 17. The number of ether oxygens (including phenoxy) is 3. The van der Waals surface area contributed by atoms with Crippen LogP contribution in [0.1, 0.15) is 56.4 Å². The predicted molar refractivity (Wildman–Crippen MR) is 139 cm³/mol. The predicted octanol–water partition coefficient (Wildman–Crippen LogP) is -0.285. The molecule has 6 N–H and O–H groups in total. The molecule has 0 spiro atoms. The highest BCUT2D eigenvalue weighted by atomic mass is 16.6. The minimum absolute atomic E-state index is 0.00544. The van der Waals surface area contributed by atoms with Gasteiger partial charge in [0.1, 0.15) is 6.10 Å². The van der Waals surface area contributed by atoms with Crippen molar-refractivity contribution in [1.82, 2.24) is 25.6 Å². The molecule has 4 bridgehead atoms. The van der Waals surface area contributed by atoms with Gasteiger partial charge in [0, 0.05) is 38.4 Å². The Balaban J connectivity index is 1.85. The van der Waals surface area contributed by atoms with Gasteiger partial charge in [0.2, 0.25) is 17.6 Å². The molecule has 2 atom stereocenters. The molecular formula is C24H32N8O9. The molecule has 0 aliphatic carbocycles. The Kier molecular flexibility index (Phi) is 10.1. The number of aryl methyl sites for hydroxylation is 2. The van der Waals surface area contributed by atoms with Crippen molar-refractivity contribution in [3.8, 4) is 11.5 Å². The number of nitrogens with two attached hydrogens (primary N) is 2. The first kappa shape index (κ1) is 30.7. The van der Waals surface area contributed by atoms with E-state index in [1.165, 1.54) is 24.8 Å². The van der Waals surface area contributed by atoms with E-state index in [0.29, 0.717) is 18.7 Å². The number of methoxy groups -OCH3 is 1. The maximum Gasteiger partial charge on any atom is 0.306 e. The number of rotatable bonds is 3.